The molecule has 0 radical (unpaired) electrons. The summed E-state index contributed by atoms with van der Waals surface area (Å²) in [4.78, 5) is 15.1. The highest BCUT2D eigenvalue weighted by Gasteiger charge is 2.13. The van der Waals surface area contributed by atoms with E-state index in [0.29, 0.717) is 18.6 Å². The number of ether oxygens (including phenoxy) is 2. The van der Waals surface area contributed by atoms with Gasteiger partial charge in [-0.05, 0) is 24.5 Å². The van der Waals surface area contributed by atoms with Gasteiger partial charge in [-0.1, -0.05) is 0 Å². The minimum atomic E-state index is -0.587. The Kier molecular flexibility index (Phi) is 4.72. The molecule has 2 N–H and O–H groups in total. The summed E-state index contributed by atoms with van der Waals surface area (Å²) in [7, 11) is 2.91. The second-order valence-corrected chi connectivity index (χ2v) is 3.40. The molecule has 0 fully saturated rings. The molecule has 0 saturated carbocycles. The molecule has 0 bridgehead atoms. The smallest absolute Gasteiger partial charge is 0.322 e. The van der Waals surface area contributed by atoms with Crippen molar-refractivity contribution in [2.24, 2.45) is 5.73 Å². The molecule has 88 valence electrons. The van der Waals surface area contributed by atoms with Gasteiger partial charge in [0.25, 0.3) is 0 Å². The number of pyridine rings is 1. The summed E-state index contributed by atoms with van der Waals surface area (Å²) < 4.78 is 9.59. The highest BCUT2D eigenvalue weighted by atomic mass is 16.5. The summed E-state index contributed by atoms with van der Waals surface area (Å²) in [5.74, 6) is 0.306. The first kappa shape index (κ1) is 12.4. The molecule has 0 aromatic carbocycles. The van der Waals surface area contributed by atoms with Crippen LogP contribution in [0.3, 0.4) is 0 Å². The fourth-order valence-corrected chi connectivity index (χ4v) is 1.30. The van der Waals surface area contributed by atoms with Crippen LogP contribution in [0.15, 0.2) is 18.5 Å². The van der Waals surface area contributed by atoms with Gasteiger partial charge < -0.3 is 15.2 Å². The maximum absolute atomic E-state index is 11.1. The van der Waals surface area contributed by atoms with E-state index in [4.69, 9.17) is 10.5 Å². The van der Waals surface area contributed by atoms with Gasteiger partial charge in [-0.3, -0.25) is 9.78 Å². The number of hydrogen-bond acceptors (Lipinski definition) is 5. The van der Waals surface area contributed by atoms with Crippen molar-refractivity contribution in [1.29, 1.82) is 0 Å². The lowest BCUT2D eigenvalue weighted by Gasteiger charge is -2.09. The molecule has 1 atom stereocenters. The first-order valence-electron chi connectivity index (χ1n) is 4.98. The predicted octanol–water partition coefficient (Wildman–Crippen LogP) is 0.523. The Morgan fingerprint density at radius 2 is 2.25 bits per heavy atom. The van der Waals surface area contributed by atoms with E-state index in [-0.39, 0.29) is 0 Å². The van der Waals surface area contributed by atoms with Crippen LogP contribution in [-0.4, -0.2) is 31.2 Å². The summed E-state index contributed by atoms with van der Waals surface area (Å²) in [5.41, 5.74) is 6.60. The summed E-state index contributed by atoms with van der Waals surface area (Å²) in [5, 5.41) is 0. The zero-order chi connectivity index (χ0) is 12.0. The van der Waals surface area contributed by atoms with E-state index in [2.05, 4.69) is 9.72 Å². The molecule has 1 aromatic heterocycles. The normalized spacial score (nSPS) is 11.9. The summed E-state index contributed by atoms with van der Waals surface area (Å²) in [6.07, 6.45) is 4.55. The Morgan fingerprint density at radius 1 is 1.50 bits per heavy atom. The van der Waals surface area contributed by atoms with Gasteiger partial charge in [0.15, 0.2) is 0 Å². The molecule has 0 aliphatic heterocycles. The third kappa shape index (κ3) is 3.51. The van der Waals surface area contributed by atoms with Gasteiger partial charge in [-0.2, -0.15) is 0 Å². The van der Waals surface area contributed by atoms with E-state index in [1.54, 1.807) is 19.5 Å². The second kappa shape index (κ2) is 6.07. The lowest BCUT2D eigenvalue weighted by Crippen LogP contribution is -2.31. The van der Waals surface area contributed by atoms with Crippen LogP contribution in [0, 0.1) is 0 Å². The Hall–Kier alpha value is -1.62. The van der Waals surface area contributed by atoms with Gasteiger partial charge in [0.2, 0.25) is 0 Å². The zero-order valence-corrected chi connectivity index (χ0v) is 9.47. The van der Waals surface area contributed by atoms with Crippen molar-refractivity contribution in [2.45, 2.75) is 18.9 Å². The lowest BCUT2D eigenvalue weighted by molar-refractivity contribution is -0.142. The topological polar surface area (TPSA) is 74.4 Å². The van der Waals surface area contributed by atoms with Gasteiger partial charge in [0, 0.05) is 6.20 Å². The number of nitrogens with two attached hydrogens (primary N) is 1. The molecule has 0 amide bonds. The molecule has 5 heteroatoms. The maximum atomic E-state index is 11.1. The Labute approximate surface area is 94.6 Å². The monoisotopic (exact) mass is 224 g/mol. The SMILES string of the molecule is COC(=O)C(N)CCc1cncc(OC)c1. The number of aryl methyl sites for hydroxylation is 1. The highest BCUT2D eigenvalue weighted by Crippen LogP contribution is 2.12. The van der Waals surface area contributed by atoms with E-state index in [1.807, 2.05) is 6.07 Å². The van der Waals surface area contributed by atoms with Crippen molar-refractivity contribution in [2.75, 3.05) is 14.2 Å². The number of aromatic nitrogens is 1. The molecule has 1 unspecified atom stereocenters. The van der Waals surface area contributed by atoms with Crippen LogP contribution in [-0.2, 0) is 16.0 Å². The standard InChI is InChI=1S/C11H16N2O3/c1-15-9-5-8(6-13-7-9)3-4-10(12)11(14)16-2/h5-7,10H,3-4,12H2,1-2H3. The van der Waals surface area contributed by atoms with Crippen molar-refractivity contribution < 1.29 is 14.3 Å². The first-order chi connectivity index (χ1) is 7.67. The van der Waals surface area contributed by atoms with Gasteiger partial charge in [0.05, 0.1) is 20.4 Å². The van der Waals surface area contributed by atoms with Gasteiger partial charge in [0.1, 0.15) is 11.8 Å². The molecule has 16 heavy (non-hydrogen) atoms. The Balaban J connectivity index is 2.51. The van der Waals surface area contributed by atoms with Crippen LogP contribution < -0.4 is 10.5 Å². The number of carbonyl (C=O) groups is 1. The van der Waals surface area contributed by atoms with Crippen LogP contribution in [0.2, 0.25) is 0 Å². The maximum Gasteiger partial charge on any atom is 0.322 e. The minimum absolute atomic E-state index is 0.393. The molecular formula is C11H16N2O3. The fraction of sp³-hybridized carbons (Fsp3) is 0.455. The van der Waals surface area contributed by atoms with Crippen LogP contribution in [0.5, 0.6) is 5.75 Å². The molecule has 0 saturated heterocycles. The molecule has 1 rings (SSSR count). The van der Waals surface area contributed by atoms with Crippen LogP contribution >= 0.6 is 0 Å². The molecule has 1 heterocycles. The summed E-state index contributed by atoms with van der Waals surface area (Å²) >= 11 is 0. The molecule has 5 nitrogen and oxygen atoms in total. The van der Waals surface area contributed by atoms with E-state index in [0.717, 1.165) is 5.56 Å². The Bertz CT molecular complexity index is 355. The van der Waals surface area contributed by atoms with Crippen molar-refractivity contribution in [1.82, 2.24) is 4.98 Å². The van der Waals surface area contributed by atoms with Crippen LogP contribution in [0.1, 0.15) is 12.0 Å². The number of carbonyl (C=O) groups excluding carboxylic acids is 1. The van der Waals surface area contributed by atoms with Gasteiger partial charge in [-0.25, -0.2) is 0 Å². The number of methoxy groups -OCH3 is 2. The second-order valence-electron chi connectivity index (χ2n) is 3.40. The molecule has 0 aliphatic rings. The number of nitrogens with zero attached hydrogens (tertiary/aromatic N) is 1. The third-order valence-electron chi connectivity index (χ3n) is 2.25. The largest absolute Gasteiger partial charge is 0.495 e. The van der Waals surface area contributed by atoms with Crippen LogP contribution in [0.25, 0.3) is 0 Å². The van der Waals surface area contributed by atoms with E-state index >= 15 is 0 Å². The third-order valence-corrected chi connectivity index (χ3v) is 2.25. The van der Waals surface area contributed by atoms with E-state index in [9.17, 15) is 4.79 Å². The Morgan fingerprint density at radius 3 is 2.88 bits per heavy atom. The molecular weight excluding hydrogens is 208 g/mol. The van der Waals surface area contributed by atoms with Crippen molar-refractivity contribution >= 4 is 5.97 Å². The number of esters is 1. The fourth-order valence-electron chi connectivity index (χ4n) is 1.30. The molecule has 0 aliphatic carbocycles. The van der Waals surface area contributed by atoms with Gasteiger partial charge in [-0.15, -0.1) is 0 Å². The minimum Gasteiger partial charge on any atom is -0.495 e. The first-order valence-corrected chi connectivity index (χ1v) is 4.98. The lowest BCUT2D eigenvalue weighted by atomic mass is 10.1. The van der Waals surface area contributed by atoms with Crippen LogP contribution in [0.4, 0.5) is 0 Å². The van der Waals surface area contributed by atoms with Crippen molar-refractivity contribution in [3.05, 3.63) is 24.0 Å². The average Bonchev–Trinajstić information content (AvgIpc) is 2.35. The predicted molar refractivity (Wildman–Crippen MR) is 59.1 cm³/mol. The molecule has 1 aromatic rings. The van der Waals surface area contributed by atoms with Crippen molar-refractivity contribution in [3.63, 3.8) is 0 Å². The zero-order valence-electron chi connectivity index (χ0n) is 9.47. The average molecular weight is 224 g/mol. The van der Waals surface area contributed by atoms with Crippen molar-refractivity contribution in [3.8, 4) is 5.75 Å². The summed E-state index contributed by atoms with van der Waals surface area (Å²) in [6, 6.07) is 1.29. The quantitative estimate of drug-likeness (QED) is 0.738. The van der Waals surface area contributed by atoms with E-state index in [1.165, 1.54) is 7.11 Å². The van der Waals surface area contributed by atoms with E-state index < -0.39 is 12.0 Å². The number of rotatable bonds is 5. The molecule has 0 spiro atoms. The highest BCUT2D eigenvalue weighted by molar-refractivity contribution is 5.75. The van der Waals surface area contributed by atoms with Gasteiger partial charge >= 0.3 is 5.97 Å². The number of hydrogen-bond donors (Lipinski definition) is 1. The summed E-state index contributed by atoms with van der Waals surface area (Å²) in [6.45, 7) is 0.